The zero-order chi connectivity index (χ0) is 19.4. The highest BCUT2D eigenvalue weighted by Crippen LogP contribution is 2.29. The first-order valence-corrected chi connectivity index (χ1v) is 10.8. The van der Waals surface area contributed by atoms with Gasteiger partial charge in [0.1, 0.15) is 9.83 Å². The molecule has 4 aromatic carbocycles. The molecule has 0 amide bonds. The molecule has 3 heteroatoms. The van der Waals surface area contributed by atoms with Gasteiger partial charge in [-0.1, -0.05) is 78.3 Å². The molecular weight excluding hydrogens is 394 g/mol. The molecule has 0 bridgehead atoms. The molecule has 0 spiro atoms. The van der Waals surface area contributed by atoms with Crippen molar-refractivity contribution < 1.29 is 0 Å². The Kier molecular flexibility index (Phi) is 3.83. The van der Waals surface area contributed by atoms with E-state index < -0.39 is 0 Å². The molecule has 1 aliphatic heterocycles. The Bertz CT molecular complexity index is 1590. The normalized spacial score (nSPS) is 14.0. The van der Waals surface area contributed by atoms with Crippen LogP contribution in [-0.4, -0.2) is 0 Å². The van der Waals surface area contributed by atoms with Crippen molar-refractivity contribution in [1.82, 2.24) is 0 Å². The number of fused-ring (bicyclic) bond motifs is 6. The molecule has 0 atom stereocenters. The lowest BCUT2D eigenvalue weighted by Gasteiger charge is -2.09. The summed E-state index contributed by atoms with van der Waals surface area (Å²) in [6.07, 6.45) is 2.79. The molecule has 0 saturated heterocycles. The number of hydrogen-bond donors (Lipinski definition) is 0. The van der Waals surface area contributed by atoms with Gasteiger partial charge in [-0.3, -0.25) is 0 Å². The summed E-state index contributed by atoms with van der Waals surface area (Å²) in [4.78, 5) is 4.68. The van der Waals surface area contributed by atoms with Gasteiger partial charge in [0.05, 0.1) is 0 Å². The van der Waals surface area contributed by atoms with E-state index in [1.807, 2.05) is 6.08 Å². The third-order valence-corrected chi connectivity index (χ3v) is 6.96. The number of rotatable bonds is 1. The van der Waals surface area contributed by atoms with E-state index in [0.717, 1.165) is 11.1 Å². The van der Waals surface area contributed by atoms with E-state index in [1.165, 1.54) is 48.0 Å². The van der Waals surface area contributed by atoms with E-state index in [-0.39, 0.29) is 0 Å². The molecule has 2 heterocycles. The molecule has 0 aliphatic carbocycles. The molecule has 1 nitrogen and oxygen atoms in total. The van der Waals surface area contributed by atoms with Gasteiger partial charge in [0.25, 0.3) is 0 Å². The fraction of sp³-hybridized carbons (Fsp3) is 0.0385. The summed E-state index contributed by atoms with van der Waals surface area (Å²) in [6.45, 7) is 0. The summed E-state index contributed by atoms with van der Waals surface area (Å²) in [5.74, 6) is 0. The summed E-state index contributed by atoms with van der Waals surface area (Å²) in [5.41, 5.74) is 2.52. The van der Waals surface area contributed by atoms with Crippen LogP contribution in [0.4, 0.5) is 0 Å². The van der Waals surface area contributed by atoms with Gasteiger partial charge in [0.2, 0.25) is 0 Å². The summed E-state index contributed by atoms with van der Waals surface area (Å²) < 4.78 is 2.25. The highest BCUT2D eigenvalue weighted by Gasteiger charge is 2.13. The Morgan fingerprint density at radius 2 is 1.52 bits per heavy atom. The Hall–Kier alpha value is -2.94. The van der Waals surface area contributed by atoms with Crippen molar-refractivity contribution in [2.75, 3.05) is 0 Å². The van der Waals surface area contributed by atoms with Crippen molar-refractivity contribution in [3.05, 3.63) is 106 Å². The molecule has 138 valence electrons. The summed E-state index contributed by atoms with van der Waals surface area (Å²) in [5, 5.41) is 8.15. The smallest absolute Gasteiger partial charge is 0.127 e. The highest BCUT2D eigenvalue weighted by molar-refractivity contribution is 7.16. The van der Waals surface area contributed by atoms with E-state index in [9.17, 15) is 0 Å². The number of allylic oxidation sites excluding steroid dienone is 1. The lowest BCUT2D eigenvalue weighted by Crippen LogP contribution is -2.22. The molecule has 1 aromatic heterocycles. The maximum absolute atomic E-state index is 6.38. The van der Waals surface area contributed by atoms with E-state index >= 15 is 0 Å². The number of halogens is 1. The molecular formula is C26H16ClNS. The van der Waals surface area contributed by atoms with Gasteiger partial charge in [-0.15, -0.1) is 11.3 Å². The van der Waals surface area contributed by atoms with Crippen LogP contribution in [0.3, 0.4) is 0 Å². The van der Waals surface area contributed by atoms with Gasteiger partial charge in [-0.2, -0.15) is 0 Å². The van der Waals surface area contributed by atoms with Crippen molar-refractivity contribution in [2.24, 2.45) is 4.99 Å². The molecule has 0 radical (unpaired) electrons. The number of thiophene rings is 1. The van der Waals surface area contributed by atoms with Crippen molar-refractivity contribution in [2.45, 2.75) is 6.42 Å². The summed E-state index contributed by atoms with van der Waals surface area (Å²) in [6, 6.07) is 28.3. The molecule has 6 rings (SSSR count). The molecule has 0 fully saturated rings. The van der Waals surface area contributed by atoms with Gasteiger partial charge in [0.15, 0.2) is 0 Å². The van der Waals surface area contributed by atoms with Gasteiger partial charge < -0.3 is 0 Å². The monoisotopic (exact) mass is 409 g/mol. The lowest BCUT2D eigenvalue weighted by atomic mass is 9.95. The van der Waals surface area contributed by atoms with Crippen molar-refractivity contribution in [3.8, 4) is 0 Å². The molecule has 29 heavy (non-hydrogen) atoms. The predicted octanol–water partition coefficient (Wildman–Crippen LogP) is 6.51. The van der Waals surface area contributed by atoms with Crippen LogP contribution in [0.1, 0.15) is 12.0 Å². The first kappa shape index (κ1) is 17.0. The summed E-state index contributed by atoms with van der Waals surface area (Å²) in [7, 11) is 0. The average molecular weight is 410 g/mol. The Labute approximate surface area is 176 Å². The van der Waals surface area contributed by atoms with Gasteiger partial charge in [-0.25, -0.2) is 4.99 Å². The van der Waals surface area contributed by atoms with Crippen LogP contribution in [-0.2, 0) is 0 Å². The molecule has 1 aliphatic rings. The first-order chi connectivity index (χ1) is 14.3. The van der Waals surface area contributed by atoms with Crippen LogP contribution in [0, 0.1) is 0 Å². The number of benzene rings is 4. The van der Waals surface area contributed by atoms with Crippen molar-refractivity contribution in [3.63, 3.8) is 0 Å². The molecule has 0 saturated carbocycles. The Balaban J connectivity index is 1.70. The zero-order valence-corrected chi connectivity index (χ0v) is 17.1. The minimum atomic E-state index is 0.569. The lowest BCUT2D eigenvalue weighted by molar-refractivity contribution is 1.35. The largest absolute Gasteiger partial charge is 0.226 e. The maximum Gasteiger partial charge on any atom is 0.127 e. The fourth-order valence-corrected chi connectivity index (χ4v) is 5.62. The van der Waals surface area contributed by atoms with Crippen LogP contribution in [0.25, 0.3) is 37.2 Å². The zero-order valence-electron chi connectivity index (χ0n) is 15.5. The molecule has 0 unspecified atom stereocenters. The minimum absolute atomic E-state index is 0.569. The van der Waals surface area contributed by atoms with Gasteiger partial charge in [0, 0.05) is 15.3 Å². The SMILES string of the molecule is ClC1=CCC(c2ccc3c(ccc4ccccc43)c2)=c2c(sc3ccccc23)=N1. The molecule has 5 aromatic rings. The van der Waals surface area contributed by atoms with E-state index in [4.69, 9.17) is 11.6 Å². The van der Waals surface area contributed by atoms with Crippen LogP contribution >= 0.6 is 22.9 Å². The standard InChI is InChI=1S/C26H16ClNS/c27-24-14-13-21(25-22-7-3-4-8-23(22)29-26(25)28-24)18-11-12-20-17(15-18)10-9-16-5-1-2-6-19(16)20/h1-12,14-15H,13H2. The van der Waals surface area contributed by atoms with Crippen LogP contribution in [0.15, 0.2) is 95.1 Å². The third-order valence-electron chi connectivity index (χ3n) is 5.66. The highest BCUT2D eigenvalue weighted by atomic mass is 35.5. The van der Waals surface area contributed by atoms with E-state index in [1.54, 1.807) is 11.3 Å². The average Bonchev–Trinajstić information content (AvgIpc) is 3.02. The van der Waals surface area contributed by atoms with Crippen LogP contribution in [0.5, 0.6) is 0 Å². The second-order valence-corrected chi connectivity index (χ2v) is 8.74. The van der Waals surface area contributed by atoms with Crippen LogP contribution < -0.4 is 9.89 Å². The minimum Gasteiger partial charge on any atom is -0.226 e. The van der Waals surface area contributed by atoms with Gasteiger partial charge >= 0.3 is 0 Å². The predicted molar refractivity (Wildman–Crippen MR) is 125 cm³/mol. The third kappa shape index (κ3) is 2.71. The fourth-order valence-electron chi connectivity index (χ4n) is 4.30. The first-order valence-electron chi connectivity index (χ1n) is 9.65. The molecule has 0 N–H and O–H groups in total. The maximum atomic E-state index is 6.38. The second-order valence-electron chi connectivity index (χ2n) is 7.32. The second kappa shape index (κ2) is 6.55. The van der Waals surface area contributed by atoms with Crippen LogP contribution in [0.2, 0.25) is 0 Å². The van der Waals surface area contributed by atoms with E-state index in [2.05, 4.69) is 83.9 Å². The number of hydrogen-bond acceptors (Lipinski definition) is 2. The topological polar surface area (TPSA) is 12.4 Å². The summed E-state index contributed by atoms with van der Waals surface area (Å²) >= 11 is 8.09. The quantitative estimate of drug-likeness (QED) is 0.221. The number of nitrogens with zero attached hydrogens (tertiary/aromatic N) is 1. The van der Waals surface area contributed by atoms with E-state index in [0.29, 0.717) is 5.16 Å². The van der Waals surface area contributed by atoms with Crippen molar-refractivity contribution in [1.29, 1.82) is 0 Å². The van der Waals surface area contributed by atoms with Gasteiger partial charge in [-0.05, 0) is 57.3 Å². The Morgan fingerprint density at radius 3 is 2.45 bits per heavy atom. The van der Waals surface area contributed by atoms with Crippen molar-refractivity contribution >= 4 is 60.1 Å². The Morgan fingerprint density at radius 1 is 0.759 bits per heavy atom.